The van der Waals surface area contributed by atoms with Crippen molar-refractivity contribution in [2.24, 2.45) is 4.99 Å². The highest BCUT2D eigenvalue weighted by atomic mass is 32.2. The molecule has 0 spiro atoms. The first-order chi connectivity index (χ1) is 10.5. The number of rotatable bonds is 4. The lowest BCUT2D eigenvalue weighted by Gasteiger charge is -2.13. The second-order valence-electron chi connectivity index (χ2n) is 5.09. The van der Waals surface area contributed by atoms with Gasteiger partial charge in [0.05, 0.1) is 17.0 Å². The van der Waals surface area contributed by atoms with Crippen LogP contribution in [-0.4, -0.2) is 24.4 Å². The molecule has 0 atom stereocenters. The molecule has 1 aliphatic heterocycles. The first-order valence-electron chi connectivity index (χ1n) is 6.61. The summed E-state index contributed by atoms with van der Waals surface area (Å²) in [6, 6.07) is 1.34. The number of halogens is 4. The third-order valence-corrected chi connectivity index (χ3v) is 4.09. The van der Waals surface area contributed by atoms with E-state index in [1.807, 2.05) is 0 Å². The maximum Gasteiger partial charge on any atom is 0.417 e. The molecule has 23 heavy (non-hydrogen) atoms. The minimum absolute atomic E-state index is 0.0491. The highest BCUT2D eigenvalue weighted by Crippen LogP contribution is 2.44. The zero-order valence-electron chi connectivity index (χ0n) is 12.0. The normalized spacial score (nSPS) is 16.6. The second kappa shape index (κ2) is 6.04. The van der Waals surface area contributed by atoms with Crippen LogP contribution in [0.15, 0.2) is 23.2 Å². The van der Waals surface area contributed by atoms with E-state index in [0.717, 1.165) is 6.07 Å². The quantitative estimate of drug-likeness (QED) is 0.506. The number of unbranched alkanes of at least 4 members (excludes halogenated alkanes) is 1. The minimum Gasteiger partial charge on any atom is -0.286 e. The third kappa shape index (κ3) is 4.17. The topological polar surface area (TPSA) is 66.7 Å². The van der Waals surface area contributed by atoms with Crippen molar-refractivity contribution in [1.82, 2.24) is 0 Å². The second-order valence-corrected chi connectivity index (χ2v) is 6.66. The van der Waals surface area contributed by atoms with Crippen LogP contribution in [-0.2, 0) is 16.3 Å². The molecule has 2 rings (SSSR count). The molecule has 0 bridgehead atoms. The fraction of sp³-hybridized carbons (Fsp3) is 0.357. The molecule has 1 aromatic carbocycles. The van der Waals surface area contributed by atoms with Crippen molar-refractivity contribution < 1.29 is 30.5 Å². The van der Waals surface area contributed by atoms with Crippen molar-refractivity contribution in [3.05, 3.63) is 35.2 Å². The Balaban J connectivity index is 2.38. The first-order valence-corrected chi connectivity index (χ1v) is 8.22. The maximum atomic E-state index is 13.4. The molecule has 0 unspecified atom stereocenters. The van der Waals surface area contributed by atoms with Gasteiger partial charge >= 0.3 is 6.18 Å². The van der Waals surface area contributed by atoms with Crippen molar-refractivity contribution in [3.63, 3.8) is 0 Å². The van der Waals surface area contributed by atoms with E-state index in [2.05, 4.69) is 4.99 Å². The molecule has 1 aliphatic rings. The van der Waals surface area contributed by atoms with E-state index in [9.17, 15) is 26.0 Å². The van der Waals surface area contributed by atoms with Crippen molar-refractivity contribution in [2.45, 2.75) is 25.9 Å². The van der Waals surface area contributed by atoms with Crippen LogP contribution in [0.2, 0.25) is 0 Å². The number of aliphatic imine (C=N–C) groups is 1. The Morgan fingerprint density at radius 2 is 1.96 bits per heavy atom. The lowest BCUT2D eigenvalue weighted by atomic mass is 9.96. The Labute approximate surface area is 130 Å². The van der Waals surface area contributed by atoms with E-state index in [0.29, 0.717) is 11.8 Å². The zero-order valence-corrected chi connectivity index (χ0v) is 12.8. The Hall–Kier alpha value is -1.74. The van der Waals surface area contributed by atoms with E-state index in [4.69, 9.17) is 4.55 Å². The molecule has 126 valence electrons. The van der Waals surface area contributed by atoms with Gasteiger partial charge in [0.25, 0.3) is 10.1 Å². The molecule has 0 amide bonds. The van der Waals surface area contributed by atoms with Crippen molar-refractivity contribution >= 4 is 27.1 Å². The maximum absolute atomic E-state index is 13.4. The van der Waals surface area contributed by atoms with Gasteiger partial charge in [0.2, 0.25) is 0 Å². The highest BCUT2D eigenvalue weighted by molar-refractivity contribution is 7.85. The first kappa shape index (κ1) is 17.6. The fourth-order valence-corrected chi connectivity index (χ4v) is 2.90. The monoisotopic (exact) mass is 351 g/mol. The summed E-state index contributed by atoms with van der Waals surface area (Å²) >= 11 is 0. The number of hydrogen-bond donors (Lipinski definition) is 1. The third-order valence-electron chi connectivity index (χ3n) is 3.29. The molecular weight excluding hydrogens is 338 g/mol. The summed E-state index contributed by atoms with van der Waals surface area (Å²) in [6.45, 7) is 1.49. The molecule has 1 heterocycles. The van der Waals surface area contributed by atoms with Crippen molar-refractivity contribution in [2.75, 3.05) is 5.75 Å². The lowest BCUT2D eigenvalue weighted by molar-refractivity contribution is -0.137. The number of benzene rings is 1. The SMILES string of the molecule is CC1=Nc2cc(F)cc(C(F)(F)F)c2/C1=C\CCCS(=O)(=O)O. The van der Waals surface area contributed by atoms with Gasteiger partial charge in [0.15, 0.2) is 0 Å². The molecule has 4 nitrogen and oxygen atoms in total. The Kier molecular flexibility index (Phi) is 4.63. The van der Waals surface area contributed by atoms with Crippen molar-refractivity contribution in [1.29, 1.82) is 0 Å². The Bertz CT molecular complexity index is 795. The van der Waals surface area contributed by atoms with Crippen LogP contribution in [0.3, 0.4) is 0 Å². The van der Waals surface area contributed by atoms with Gasteiger partial charge in [0.1, 0.15) is 5.82 Å². The standard InChI is InChI=1S/C14H13F4NO3S/c1-8-10(4-2-3-5-23(20,21)22)13-11(14(16,17)18)6-9(15)7-12(13)19-8/h4,6-7H,2-3,5H2,1H3,(H,20,21,22)/b10-4-. The van der Waals surface area contributed by atoms with Gasteiger partial charge in [-0.1, -0.05) is 6.08 Å². The van der Waals surface area contributed by atoms with E-state index < -0.39 is 33.4 Å². The molecule has 1 N–H and O–H groups in total. The van der Waals surface area contributed by atoms with Gasteiger partial charge in [-0.2, -0.15) is 21.6 Å². The van der Waals surface area contributed by atoms with Crippen molar-refractivity contribution in [3.8, 4) is 0 Å². The summed E-state index contributed by atoms with van der Waals surface area (Å²) in [5.41, 5.74) is -0.932. The Morgan fingerprint density at radius 3 is 2.52 bits per heavy atom. The predicted molar refractivity (Wildman–Crippen MR) is 77.8 cm³/mol. The van der Waals surface area contributed by atoms with Gasteiger partial charge in [-0.3, -0.25) is 9.55 Å². The summed E-state index contributed by atoms with van der Waals surface area (Å²) in [7, 11) is -4.12. The van der Waals surface area contributed by atoms with Crippen LogP contribution < -0.4 is 0 Å². The largest absolute Gasteiger partial charge is 0.417 e. The molecule has 0 saturated heterocycles. The van der Waals surface area contributed by atoms with Crippen LogP contribution in [0.5, 0.6) is 0 Å². The van der Waals surface area contributed by atoms with E-state index in [-0.39, 0.29) is 29.7 Å². The fourth-order valence-electron chi connectivity index (χ4n) is 2.37. The van der Waals surface area contributed by atoms with Crippen LogP contribution in [0.1, 0.15) is 30.9 Å². The molecule has 9 heteroatoms. The number of fused-ring (bicyclic) bond motifs is 1. The number of nitrogens with zero attached hydrogens (tertiary/aromatic N) is 1. The van der Waals surface area contributed by atoms with Crippen LogP contribution >= 0.6 is 0 Å². The number of hydrogen-bond acceptors (Lipinski definition) is 3. The van der Waals surface area contributed by atoms with Gasteiger partial charge in [0, 0.05) is 22.9 Å². The van der Waals surface area contributed by atoms with Gasteiger partial charge in [-0.15, -0.1) is 0 Å². The molecule has 0 fully saturated rings. The summed E-state index contributed by atoms with van der Waals surface area (Å²) in [6.07, 6.45) is -3.13. The lowest BCUT2D eigenvalue weighted by Crippen LogP contribution is -2.10. The van der Waals surface area contributed by atoms with Gasteiger partial charge < -0.3 is 0 Å². The average Bonchev–Trinajstić information content (AvgIpc) is 2.67. The van der Waals surface area contributed by atoms with Gasteiger partial charge in [-0.05, 0) is 25.8 Å². The Morgan fingerprint density at radius 1 is 1.30 bits per heavy atom. The molecule has 0 aliphatic carbocycles. The van der Waals surface area contributed by atoms with E-state index >= 15 is 0 Å². The van der Waals surface area contributed by atoms with E-state index in [1.54, 1.807) is 0 Å². The van der Waals surface area contributed by atoms with Crippen LogP contribution in [0.4, 0.5) is 23.2 Å². The zero-order chi connectivity index (χ0) is 17.4. The molecular formula is C14H13F4NO3S. The number of alkyl halides is 3. The van der Waals surface area contributed by atoms with Crippen LogP contribution in [0.25, 0.3) is 5.57 Å². The molecule has 1 aromatic rings. The molecule has 0 aromatic heterocycles. The predicted octanol–water partition coefficient (Wildman–Crippen LogP) is 4.00. The molecule has 0 radical (unpaired) electrons. The number of allylic oxidation sites excluding steroid dienone is 2. The summed E-state index contributed by atoms with van der Waals surface area (Å²) in [5, 5.41) is 0. The average molecular weight is 351 g/mol. The van der Waals surface area contributed by atoms with Crippen LogP contribution in [0, 0.1) is 5.82 Å². The van der Waals surface area contributed by atoms with E-state index in [1.165, 1.54) is 13.0 Å². The smallest absolute Gasteiger partial charge is 0.286 e. The summed E-state index contributed by atoms with van der Waals surface area (Å²) < 4.78 is 82.6. The highest BCUT2D eigenvalue weighted by Gasteiger charge is 2.38. The summed E-state index contributed by atoms with van der Waals surface area (Å²) in [5.74, 6) is -1.52. The minimum atomic E-state index is -4.74. The summed E-state index contributed by atoms with van der Waals surface area (Å²) in [4.78, 5) is 3.94. The van der Waals surface area contributed by atoms with Gasteiger partial charge in [-0.25, -0.2) is 4.39 Å². The molecule has 0 saturated carbocycles.